The molecule has 68 valence electrons. The van der Waals surface area contributed by atoms with Gasteiger partial charge in [0.05, 0.1) is 0 Å². The summed E-state index contributed by atoms with van der Waals surface area (Å²) >= 11 is -1.12. The van der Waals surface area contributed by atoms with Gasteiger partial charge < -0.3 is 0 Å². The second-order valence-electron chi connectivity index (χ2n) is 3.41. The van der Waals surface area contributed by atoms with Crippen molar-refractivity contribution in [3.8, 4) is 0 Å². The average Bonchev–Trinajstić information content (AvgIpc) is 2.09. The Hall–Kier alpha value is 1.15. The first-order valence-corrected chi connectivity index (χ1v) is 15.2. The molecule has 0 saturated heterocycles. The molecule has 0 unspecified atom stereocenters. The number of methoxy groups -OCH3 is 1. The first-order chi connectivity index (χ1) is 5.79. The summed E-state index contributed by atoms with van der Waals surface area (Å²) in [5.41, 5.74) is 0. The first kappa shape index (κ1) is 11.2. The predicted octanol–water partition coefficient (Wildman–Crippen LogP) is 1.82. The molecule has 1 saturated carbocycles. The van der Waals surface area contributed by atoms with E-state index in [1.165, 1.54) is 0 Å². The predicted molar refractivity (Wildman–Crippen MR) is 44.8 cm³/mol. The van der Waals surface area contributed by atoms with Gasteiger partial charge in [-0.1, -0.05) is 0 Å². The topological polar surface area (TPSA) is 29.5 Å². The van der Waals surface area contributed by atoms with Crippen molar-refractivity contribution in [3.05, 3.63) is 0 Å². The standard InChI is InChI=1S/C8H15O2.ClH.Hg/c1-6-7(9)4-3-5-8(6)10-2;;/h6-9H,1,3-5H2,2H3;1H;/q;;+1/p-1/t6-,7-,8+;;/m0../s1. The average molecular weight is 379 g/mol. The summed E-state index contributed by atoms with van der Waals surface area (Å²) in [7, 11) is 7.61. The zero-order valence-electron chi connectivity index (χ0n) is 7.50. The van der Waals surface area contributed by atoms with Crippen molar-refractivity contribution >= 4 is 8.25 Å². The third kappa shape index (κ3) is 2.83. The number of rotatable bonds is 3. The van der Waals surface area contributed by atoms with Crippen molar-refractivity contribution in [2.24, 2.45) is 5.92 Å². The van der Waals surface area contributed by atoms with Crippen LogP contribution in [-0.4, -0.2) is 24.4 Å². The van der Waals surface area contributed by atoms with Gasteiger partial charge in [0, 0.05) is 0 Å². The van der Waals surface area contributed by atoms with Crippen molar-refractivity contribution in [1.29, 1.82) is 0 Å². The zero-order valence-corrected chi connectivity index (χ0v) is 13.8. The molecule has 4 heteroatoms. The van der Waals surface area contributed by atoms with Crippen LogP contribution in [0.25, 0.3) is 0 Å². The maximum absolute atomic E-state index is 9.70. The minimum absolute atomic E-state index is 0.151. The fourth-order valence-electron chi connectivity index (χ4n) is 2.00. The maximum atomic E-state index is 9.70. The second kappa shape index (κ2) is 5.79. The Labute approximate surface area is 89.5 Å². The Kier molecular flexibility index (Phi) is 5.41. The van der Waals surface area contributed by atoms with Gasteiger partial charge in [-0.15, -0.1) is 0 Å². The van der Waals surface area contributed by atoms with Gasteiger partial charge in [0.15, 0.2) is 0 Å². The fraction of sp³-hybridized carbons (Fsp3) is 1.00. The monoisotopic (exact) mass is 380 g/mol. The van der Waals surface area contributed by atoms with Crippen molar-refractivity contribution < 1.29 is 33.2 Å². The number of aliphatic hydroxyl groups is 1. The van der Waals surface area contributed by atoms with E-state index in [2.05, 4.69) is 0 Å². The Balaban J connectivity index is 2.47. The molecule has 12 heavy (non-hydrogen) atoms. The van der Waals surface area contributed by atoms with Crippen LogP contribution in [0.2, 0.25) is 3.93 Å². The van der Waals surface area contributed by atoms with Gasteiger partial charge >= 0.3 is 89.9 Å². The van der Waals surface area contributed by atoms with E-state index in [4.69, 9.17) is 13.0 Å². The van der Waals surface area contributed by atoms with Crippen LogP contribution >= 0.6 is 8.25 Å². The van der Waals surface area contributed by atoms with Crippen LogP contribution in [0.4, 0.5) is 0 Å². The summed E-state index contributed by atoms with van der Waals surface area (Å²) in [6.07, 6.45) is 3.25. The first-order valence-electron chi connectivity index (χ1n) is 4.56. The molecule has 1 aliphatic rings. The summed E-state index contributed by atoms with van der Waals surface area (Å²) < 4.78 is 6.43. The van der Waals surface area contributed by atoms with Crippen molar-refractivity contribution in [1.82, 2.24) is 0 Å². The van der Waals surface area contributed by atoms with Crippen LogP contribution in [0, 0.1) is 5.92 Å². The Morgan fingerprint density at radius 1 is 1.58 bits per heavy atom. The quantitative estimate of drug-likeness (QED) is 0.759. The van der Waals surface area contributed by atoms with E-state index >= 15 is 0 Å². The van der Waals surface area contributed by atoms with E-state index in [0.29, 0.717) is 5.92 Å². The van der Waals surface area contributed by atoms with Gasteiger partial charge in [-0.25, -0.2) is 0 Å². The van der Waals surface area contributed by atoms with E-state index < -0.39 is 23.3 Å². The number of hydrogen-bond donors (Lipinski definition) is 1. The fourth-order valence-corrected chi connectivity index (χ4v) is 8.13. The molecular weight excluding hydrogens is 364 g/mol. The Morgan fingerprint density at radius 3 is 2.92 bits per heavy atom. The second-order valence-corrected chi connectivity index (χ2v) is 10.4. The SMILES string of the molecule is CO[C@@H]1CCC[C@H](O)[C@@H]1[CH2][Hg][Cl]. The van der Waals surface area contributed by atoms with Gasteiger partial charge in [-0.3, -0.25) is 0 Å². The third-order valence-electron chi connectivity index (χ3n) is 2.71. The molecule has 0 aromatic heterocycles. The van der Waals surface area contributed by atoms with Crippen LogP contribution in [0.1, 0.15) is 19.3 Å². The number of hydrogen-bond acceptors (Lipinski definition) is 2. The number of halogens is 1. The normalized spacial score (nSPS) is 36.1. The van der Waals surface area contributed by atoms with E-state index in [1.807, 2.05) is 0 Å². The number of aliphatic hydroxyl groups excluding tert-OH is 1. The molecule has 0 heterocycles. The molecule has 1 N–H and O–H groups in total. The van der Waals surface area contributed by atoms with Crippen molar-refractivity contribution in [3.63, 3.8) is 0 Å². The third-order valence-corrected chi connectivity index (χ3v) is 8.06. The summed E-state index contributed by atoms with van der Waals surface area (Å²) in [4.78, 5) is 0. The van der Waals surface area contributed by atoms with Gasteiger partial charge in [0.25, 0.3) is 0 Å². The number of ether oxygens (including phenoxy) is 1. The van der Waals surface area contributed by atoms with E-state index in [9.17, 15) is 5.11 Å². The molecule has 1 fully saturated rings. The van der Waals surface area contributed by atoms with Gasteiger partial charge in [0.1, 0.15) is 0 Å². The van der Waals surface area contributed by atoms with Crippen molar-refractivity contribution in [2.75, 3.05) is 7.11 Å². The Bertz CT molecular complexity index is 134. The Morgan fingerprint density at radius 2 is 2.33 bits per heavy atom. The van der Waals surface area contributed by atoms with Gasteiger partial charge in [0.2, 0.25) is 0 Å². The van der Waals surface area contributed by atoms with E-state index in [0.717, 1.165) is 23.2 Å². The molecule has 3 atom stereocenters. The molecular formula is C8H15ClHgO2. The molecule has 0 spiro atoms. The molecule has 2 nitrogen and oxygen atoms in total. The molecule has 0 amide bonds. The molecule has 0 aliphatic heterocycles. The van der Waals surface area contributed by atoms with Gasteiger partial charge in [-0.2, -0.15) is 0 Å². The molecule has 1 rings (SSSR count). The van der Waals surface area contributed by atoms with Crippen LogP contribution in [0.3, 0.4) is 0 Å². The summed E-state index contributed by atoms with van der Waals surface area (Å²) in [5.74, 6) is 0.350. The molecule has 0 bridgehead atoms. The van der Waals surface area contributed by atoms with Crippen LogP contribution in [-0.2, 0) is 28.1 Å². The molecule has 1 aliphatic carbocycles. The van der Waals surface area contributed by atoms with Gasteiger partial charge in [-0.05, 0) is 0 Å². The summed E-state index contributed by atoms with van der Waals surface area (Å²) in [5, 5.41) is 9.70. The molecule has 0 radical (unpaired) electrons. The summed E-state index contributed by atoms with van der Waals surface area (Å²) in [6, 6.07) is 0. The minimum atomic E-state index is -1.12. The van der Waals surface area contributed by atoms with E-state index in [1.54, 1.807) is 7.11 Å². The van der Waals surface area contributed by atoms with Crippen molar-refractivity contribution in [2.45, 2.75) is 35.4 Å². The van der Waals surface area contributed by atoms with Crippen LogP contribution in [0.15, 0.2) is 0 Å². The van der Waals surface area contributed by atoms with E-state index in [-0.39, 0.29) is 12.2 Å². The van der Waals surface area contributed by atoms with Crippen LogP contribution in [0.5, 0.6) is 0 Å². The summed E-state index contributed by atoms with van der Waals surface area (Å²) in [6.45, 7) is 0. The van der Waals surface area contributed by atoms with Crippen LogP contribution < -0.4 is 0 Å². The molecule has 0 aromatic carbocycles. The molecule has 0 aromatic rings. The zero-order chi connectivity index (χ0) is 8.97.